The standard InChI is InChI=1S/C23H24OS2/c1-4-23(18-7-5-17(2)6-8-18,19-9-13-21(24-3)14-10-19)20-11-15-22(26-25)16-12-20/h5-16,25H,4H2,1-3H3. The van der Waals surface area contributed by atoms with E-state index in [1.165, 1.54) is 33.0 Å². The molecule has 26 heavy (non-hydrogen) atoms. The summed E-state index contributed by atoms with van der Waals surface area (Å²) >= 11 is 4.32. The summed E-state index contributed by atoms with van der Waals surface area (Å²) < 4.78 is 5.36. The highest BCUT2D eigenvalue weighted by Gasteiger charge is 2.34. The lowest BCUT2D eigenvalue weighted by atomic mass is 9.67. The maximum atomic E-state index is 5.36. The van der Waals surface area contributed by atoms with Crippen LogP contribution in [0.2, 0.25) is 0 Å². The number of methoxy groups -OCH3 is 1. The average molecular weight is 381 g/mol. The predicted molar refractivity (Wildman–Crippen MR) is 116 cm³/mol. The van der Waals surface area contributed by atoms with Crippen LogP contribution in [-0.4, -0.2) is 7.11 Å². The number of ether oxygens (including phenoxy) is 1. The topological polar surface area (TPSA) is 9.23 Å². The van der Waals surface area contributed by atoms with Crippen molar-refractivity contribution in [2.45, 2.75) is 30.6 Å². The SMILES string of the molecule is CCC(c1ccc(C)cc1)(c1ccc(OC)cc1)c1ccc(SS)cc1. The molecule has 0 saturated heterocycles. The van der Waals surface area contributed by atoms with Gasteiger partial charge < -0.3 is 4.74 Å². The van der Waals surface area contributed by atoms with Crippen molar-refractivity contribution in [3.8, 4) is 5.75 Å². The van der Waals surface area contributed by atoms with Crippen LogP contribution in [0.15, 0.2) is 77.7 Å². The molecule has 134 valence electrons. The molecular formula is C23H24OS2. The van der Waals surface area contributed by atoms with E-state index < -0.39 is 0 Å². The Balaban J connectivity index is 2.22. The molecule has 1 unspecified atom stereocenters. The maximum Gasteiger partial charge on any atom is 0.118 e. The van der Waals surface area contributed by atoms with E-state index in [0.717, 1.165) is 17.1 Å². The molecule has 3 heteroatoms. The largest absolute Gasteiger partial charge is 0.497 e. The minimum absolute atomic E-state index is 0.195. The lowest BCUT2D eigenvalue weighted by molar-refractivity contribution is 0.414. The fourth-order valence-electron chi connectivity index (χ4n) is 3.63. The number of hydrogen-bond acceptors (Lipinski definition) is 3. The fraction of sp³-hybridized carbons (Fsp3) is 0.217. The normalized spacial score (nSPS) is 13.2. The van der Waals surface area contributed by atoms with Crippen LogP contribution in [0.4, 0.5) is 0 Å². The number of thiol groups is 1. The fourth-order valence-corrected chi connectivity index (χ4v) is 4.25. The van der Waals surface area contributed by atoms with Gasteiger partial charge in [0, 0.05) is 10.3 Å². The van der Waals surface area contributed by atoms with Crippen molar-refractivity contribution >= 4 is 22.5 Å². The highest BCUT2D eigenvalue weighted by molar-refractivity contribution is 8.68. The Labute approximate surface area is 165 Å². The van der Waals surface area contributed by atoms with Gasteiger partial charge in [0.1, 0.15) is 5.75 Å². The van der Waals surface area contributed by atoms with Gasteiger partial charge in [-0.25, -0.2) is 0 Å². The minimum atomic E-state index is -0.195. The molecule has 3 aromatic rings. The zero-order chi connectivity index (χ0) is 18.6. The molecule has 0 spiro atoms. The Kier molecular flexibility index (Phi) is 6.00. The third-order valence-electron chi connectivity index (χ3n) is 5.11. The molecule has 0 radical (unpaired) electrons. The summed E-state index contributed by atoms with van der Waals surface area (Å²) in [6, 6.07) is 26.1. The first-order valence-electron chi connectivity index (χ1n) is 8.77. The smallest absolute Gasteiger partial charge is 0.118 e. The molecule has 3 rings (SSSR count). The lowest BCUT2D eigenvalue weighted by Crippen LogP contribution is -2.28. The van der Waals surface area contributed by atoms with Crippen LogP contribution >= 0.6 is 22.5 Å². The number of aryl methyl sites for hydroxylation is 1. The molecule has 0 aliphatic heterocycles. The summed E-state index contributed by atoms with van der Waals surface area (Å²) in [6.45, 7) is 4.38. The Bertz CT molecular complexity index is 789. The Hall–Kier alpha value is -1.84. The third kappa shape index (κ3) is 3.51. The van der Waals surface area contributed by atoms with Crippen molar-refractivity contribution in [3.63, 3.8) is 0 Å². The average Bonchev–Trinajstić information content (AvgIpc) is 2.71. The van der Waals surface area contributed by atoms with Crippen molar-refractivity contribution in [1.29, 1.82) is 0 Å². The zero-order valence-electron chi connectivity index (χ0n) is 15.4. The van der Waals surface area contributed by atoms with Crippen molar-refractivity contribution in [3.05, 3.63) is 95.1 Å². The van der Waals surface area contributed by atoms with Crippen LogP contribution in [0, 0.1) is 6.92 Å². The van der Waals surface area contributed by atoms with Crippen molar-refractivity contribution in [1.82, 2.24) is 0 Å². The van der Waals surface area contributed by atoms with Crippen molar-refractivity contribution in [2.24, 2.45) is 0 Å². The Morgan fingerprint density at radius 1 is 0.808 bits per heavy atom. The highest BCUT2D eigenvalue weighted by atomic mass is 33.1. The molecular weight excluding hydrogens is 356 g/mol. The molecule has 0 aliphatic rings. The summed E-state index contributed by atoms with van der Waals surface area (Å²) in [5.41, 5.74) is 4.95. The highest BCUT2D eigenvalue weighted by Crippen LogP contribution is 2.43. The molecule has 0 saturated carbocycles. The first-order chi connectivity index (χ1) is 12.6. The van der Waals surface area contributed by atoms with E-state index in [1.54, 1.807) is 7.11 Å². The van der Waals surface area contributed by atoms with Crippen LogP contribution in [-0.2, 0) is 5.41 Å². The summed E-state index contributed by atoms with van der Waals surface area (Å²) in [5.74, 6) is 0.879. The van der Waals surface area contributed by atoms with Gasteiger partial charge in [0.2, 0.25) is 0 Å². The second-order valence-electron chi connectivity index (χ2n) is 6.47. The van der Waals surface area contributed by atoms with E-state index in [9.17, 15) is 0 Å². The molecule has 0 N–H and O–H groups in total. The van der Waals surface area contributed by atoms with E-state index in [0.29, 0.717) is 0 Å². The van der Waals surface area contributed by atoms with Gasteiger partial charge in [0.05, 0.1) is 7.11 Å². The molecule has 0 aromatic heterocycles. The van der Waals surface area contributed by atoms with Crippen LogP contribution in [0.1, 0.15) is 35.6 Å². The second kappa shape index (κ2) is 8.24. The monoisotopic (exact) mass is 380 g/mol. The molecule has 0 bridgehead atoms. The zero-order valence-corrected chi connectivity index (χ0v) is 17.1. The molecule has 1 nitrogen and oxygen atoms in total. The van der Waals surface area contributed by atoms with Crippen LogP contribution in [0.5, 0.6) is 5.75 Å². The lowest BCUT2D eigenvalue weighted by Gasteiger charge is -2.35. The Morgan fingerprint density at radius 2 is 1.27 bits per heavy atom. The number of hydrogen-bond donors (Lipinski definition) is 1. The first-order valence-corrected chi connectivity index (χ1v) is 10.6. The summed E-state index contributed by atoms with van der Waals surface area (Å²) in [7, 11) is 3.18. The molecule has 3 aromatic carbocycles. The number of rotatable bonds is 6. The summed E-state index contributed by atoms with van der Waals surface area (Å²) in [6.07, 6.45) is 0.968. The van der Waals surface area contributed by atoms with Gasteiger partial charge in [-0.05, 0) is 54.3 Å². The predicted octanol–water partition coefficient (Wildman–Crippen LogP) is 6.68. The third-order valence-corrected chi connectivity index (χ3v) is 6.23. The van der Waals surface area contributed by atoms with Gasteiger partial charge in [0.15, 0.2) is 0 Å². The minimum Gasteiger partial charge on any atom is -0.497 e. The van der Waals surface area contributed by atoms with Gasteiger partial charge >= 0.3 is 0 Å². The molecule has 0 amide bonds. The summed E-state index contributed by atoms with van der Waals surface area (Å²) in [4.78, 5) is 1.15. The second-order valence-corrected chi connectivity index (χ2v) is 7.67. The van der Waals surface area contributed by atoms with Crippen LogP contribution < -0.4 is 4.74 Å². The van der Waals surface area contributed by atoms with Crippen LogP contribution in [0.25, 0.3) is 0 Å². The van der Waals surface area contributed by atoms with Gasteiger partial charge in [0.25, 0.3) is 0 Å². The number of benzene rings is 3. The van der Waals surface area contributed by atoms with Crippen LogP contribution in [0.3, 0.4) is 0 Å². The van der Waals surface area contributed by atoms with E-state index in [-0.39, 0.29) is 5.41 Å². The van der Waals surface area contributed by atoms with Gasteiger partial charge in [-0.3, -0.25) is 0 Å². The van der Waals surface area contributed by atoms with Crippen molar-refractivity contribution < 1.29 is 4.74 Å². The maximum absolute atomic E-state index is 5.36. The van der Waals surface area contributed by atoms with E-state index >= 15 is 0 Å². The Morgan fingerprint density at radius 3 is 1.69 bits per heavy atom. The van der Waals surface area contributed by atoms with Crippen molar-refractivity contribution in [2.75, 3.05) is 7.11 Å². The molecule has 1 atom stereocenters. The van der Waals surface area contributed by atoms with E-state index in [1.807, 2.05) is 12.1 Å². The van der Waals surface area contributed by atoms with E-state index in [4.69, 9.17) is 4.74 Å². The van der Waals surface area contributed by atoms with E-state index in [2.05, 4.69) is 86.2 Å². The van der Waals surface area contributed by atoms with Gasteiger partial charge in [-0.15, -0.1) is 11.7 Å². The molecule has 0 heterocycles. The first kappa shape index (κ1) is 18.9. The molecule has 0 aliphatic carbocycles. The van der Waals surface area contributed by atoms with Gasteiger partial charge in [-0.1, -0.05) is 71.8 Å². The molecule has 0 fully saturated rings. The summed E-state index contributed by atoms with van der Waals surface area (Å²) in [5, 5.41) is 0. The quantitative estimate of drug-likeness (QED) is 0.290. The van der Waals surface area contributed by atoms with Gasteiger partial charge in [-0.2, -0.15) is 0 Å².